The zero-order valence-corrected chi connectivity index (χ0v) is 23.3. The van der Waals surface area contributed by atoms with Crippen molar-refractivity contribution in [2.75, 3.05) is 18.2 Å². The zero-order valence-electron chi connectivity index (χ0n) is 21.7. The first kappa shape index (κ1) is 26.5. The molecule has 2 aromatic heterocycles. The maximum absolute atomic E-state index is 13.1. The first-order valence-corrected chi connectivity index (χ1v) is 14.4. The SMILES string of the molecule is COc1ccc(-c2cc(-c3ccccc3)nc(SCC(=O)Nc3sc4c(c3C#N)CC[C@H](C)C4)c2C#N)cc1. The van der Waals surface area contributed by atoms with Crippen LogP contribution in [0.2, 0.25) is 0 Å². The van der Waals surface area contributed by atoms with Crippen LogP contribution in [0.1, 0.15) is 34.9 Å². The molecule has 1 amide bonds. The third-order valence-corrected chi connectivity index (χ3v) is 8.93. The summed E-state index contributed by atoms with van der Waals surface area (Å²) < 4.78 is 5.30. The van der Waals surface area contributed by atoms with E-state index in [4.69, 9.17) is 9.72 Å². The topological polar surface area (TPSA) is 98.8 Å². The van der Waals surface area contributed by atoms with Crippen molar-refractivity contribution in [3.05, 3.63) is 82.2 Å². The van der Waals surface area contributed by atoms with Gasteiger partial charge in [0.15, 0.2) is 0 Å². The van der Waals surface area contributed by atoms with Gasteiger partial charge >= 0.3 is 0 Å². The third-order valence-electron chi connectivity index (χ3n) is 6.79. The zero-order chi connectivity index (χ0) is 27.4. The second-order valence-electron chi connectivity index (χ2n) is 9.45. The van der Waals surface area contributed by atoms with Crippen molar-refractivity contribution < 1.29 is 9.53 Å². The lowest BCUT2D eigenvalue weighted by Gasteiger charge is -2.17. The van der Waals surface area contributed by atoms with Gasteiger partial charge in [0.05, 0.1) is 29.7 Å². The molecule has 0 bridgehead atoms. The molecule has 0 unspecified atom stereocenters. The lowest BCUT2D eigenvalue weighted by molar-refractivity contribution is -0.113. The Balaban J connectivity index is 1.44. The van der Waals surface area contributed by atoms with Gasteiger partial charge in [-0.1, -0.05) is 61.2 Å². The lowest BCUT2D eigenvalue weighted by atomic mass is 9.89. The van der Waals surface area contributed by atoms with Gasteiger partial charge in [-0.3, -0.25) is 4.79 Å². The summed E-state index contributed by atoms with van der Waals surface area (Å²) >= 11 is 2.73. The van der Waals surface area contributed by atoms with Gasteiger partial charge in [-0.05, 0) is 54.5 Å². The number of fused-ring (bicyclic) bond motifs is 1. The Hall–Kier alpha value is -4.11. The Labute approximate surface area is 236 Å². The van der Waals surface area contributed by atoms with E-state index in [0.717, 1.165) is 53.0 Å². The number of carbonyl (C=O) groups is 1. The molecular formula is C31H26N4O2S2. The molecule has 0 saturated carbocycles. The maximum atomic E-state index is 13.1. The van der Waals surface area contributed by atoms with Gasteiger partial charge < -0.3 is 10.1 Å². The summed E-state index contributed by atoms with van der Waals surface area (Å²) in [4.78, 5) is 19.0. The van der Waals surface area contributed by atoms with E-state index in [1.807, 2.05) is 60.7 Å². The number of rotatable bonds is 7. The highest BCUT2D eigenvalue weighted by atomic mass is 32.2. The lowest BCUT2D eigenvalue weighted by Crippen LogP contribution is -2.14. The summed E-state index contributed by atoms with van der Waals surface area (Å²) in [5, 5.41) is 24.0. The molecule has 2 aromatic carbocycles. The third kappa shape index (κ3) is 5.68. The fourth-order valence-corrected chi connectivity index (χ4v) is 6.92. The second-order valence-corrected chi connectivity index (χ2v) is 11.5. The van der Waals surface area contributed by atoms with Crippen molar-refractivity contribution in [3.8, 4) is 40.3 Å². The van der Waals surface area contributed by atoms with Gasteiger partial charge in [0.1, 0.15) is 27.9 Å². The molecule has 1 aliphatic rings. The molecule has 1 N–H and O–H groups in total. The van der Waals surface area contributed by atoms with Crippen molar-refractivity contribution in [3.63, 3.8) is 0 Å². The van der Waals surface area contributed by atoms with Crippen LogP contribution in [-0.2, 0) is 17.6 Å². The molecule has 5 rings (SSSR count). The van der Waals surface area contributed by atoms with E-state index in [1.165, 1.54) is 28.0 Å². The van der Waals surface area contributed by atoms with Crippen LogP contribution in [-0.4, -0.2) is 23.8 Å². The van der Waals surface area contributed by atoms with E-state index in [-0.39, 0.29) is 11.7 Å². The molecule has 0 radical (unpaired) electrons. The summed E-state index contributed by atoms with van der Waals surface area (Å²) in [6.45, 7) is 2.22. The number of amides is 1. The molecule has 8 heteroatoms. The average Bonchev–Trinajstić information content (AvgIpc) is 3.31. The number of thiophene rings is 1. The first-order chi connectivity index (χ1) is 19.0. The Morgan fingerprint density at radius 1 is 1.10 bits per heavy atom. The van der Waals surface area contributed by atoms with Crippen LogP contribution in [0.25, 0.3) is 22.4 Å². The number of methoxy groups -OCH3 is 1. The molecule has 0 aliphatic heterocycles. The van der Waals surface area contributed by atoms with E-state index >= 15 is 0 Å². The molecular weight excluding hydrogens is 525 g/mol. The van der Waals surface area contributed by atoms with Crippen molar-refractivity contribution in [2.24, 2.45) is 5.92 Å². The number of benzene rings is 2. The van der Waals surface area contributed by atoms with E-state index in [1.54, 1.807) is 7.11 Å². The minimum Gasteiger partial charge on any atom is -0.497 e. The minimum absolute atomic E-state index is 0.0613. The second kappa shape index (κ2) is 11.7. The number of thioether (sulfide) groups is 1. The average molecular weight is 551 g/mol. The summed E-state index contributed by atoms with van der Waals surface area (Å²) in [5.74, 6) is 1.13. The Kier molecular flexibility index (Phi) is 7.97. The molecule has 194 valence electrons. The molecule has 1 atom stereocenters. The molecule has 0 spiro atoms. The van der Waals surface area contributed by atoms with Crippen LogP contribution in [0.4, 0.5) is 5.00 Å². The van der Waals surface area contributed by atoms with Crippen LogP contribution < -0.4 is 10.1 Å². The summed E-state index contributed by atoms with van der Waals surface area (Å²) in [7, 11) is 1.61. The number of pyridine rings is 1. The number of hydrogen-bond donors (Lipinski definition) is 1. The highest BCUT2D eigenvalue weighted by molar-refractivity contribution is 8.00. The number of anilines is 1. The summed E-state index contributed by atoms with van der Waals surface area (Å²) in [6, 6.07) is 23.8. The van der Waals surface area contributed by atoms with E-state index in [0.29, 0.717) is 27.1 Å². The minimum atomic E-state index is -0.232. The molecule has 0 saturated heterocycles. The van der Waals surface area contributed by atoms with Gasteiger partial charge in [-0.25, -0.2) is 4.98 Å². The van der Waals surface area contributed by atoms with Gasteiger partial charge in [-0.2, -0.15) is 10.5 Å². The van der Waals surface area contributed by atoms with Crippen LogP contribution in [0.3, 0.4) is 0 Å². The predicted molar refractivity (Wildman–Crippen MR) is 156 cm³/mol. The van der Waals surface area contributed by atoms with Gasteiger partial charge in [0, 0.05) is 16.0 Å². The van der Waals surface area contributed by atoms with Gasteiger partial charge in [0.25, 0.3) is 0 Å². The first-order valence-electron chi connectivity index (χ1n) is 12.6. The Morgan fingerprint density at radius 3 is 2.54 bits per heavy atom. The molecule has 4 aromatic rings. The highest BCUT2D eigenvalue weighted by Gasteiger charge is 2.25. The van der Waals surface area contributed by atoms with E-state index in [2.05, 4.69) is 24.4 Å². The molecule has 2 heterocycles. The predicted octanol–water partition coefficient (Wildman–Crippen LogP) is 7.08. The normalized spacial score (nSPS) is 14.1. The van der Waals surface area contributed by atoms with E-state index < -0.39 is 0 Å². The van der Waals surface area contributed by atoms with Crippen LogP contribution >= 0.6 is 23.1 Å². The number of ether oxygens (including phenoxy) is 1. The van der Waals surface area contributed by atoms with Gasteiger partial charge in [-0.15, -0.1) is 11.3 Å². The fraction of sp³-hybridized carbons (Fsp3) is 0.226. The number of nitrogens with one attached hydrogen (secondary N) is 1. The number of hydrogen-bond acceptors (Lipinski definition) is 7. The largest absolute Gasteiger partial charge is 0.497 e. The smallest absolute Gasteiger partial charge is 0.235 e. The van der Waals surface area contributed by atoms with Crippen molar-refractivity contribution in [1.82, 2.24) is 4.98 Å². The Morgan fingerprint density at radius 2 is 1.85 bits per heavy atom. The van der Waals surface area contributed by atoms with Crippen LogP contribution in [0.5, 0.6) is 5.75 Å². The summed E-state index contributed by atoms with van der Waals surface area (Å²) in [6.07, 6.45) is 2.87. The summed E-state index contributed by atoms with van der Waals surface area (Å²) in [5.41, 5.74) is 5.31. The monoisotopic (exact) mass is 550 g/mol. The standard InChI is InChI=1S/C31H26N4O2S2/c1-19-8-13-23-25(16-32)31(39-28(23)14-19)35-29(36)18-38-30-26(17-33)24(20-9-11-22(37-2)12-10-20)15-27(34-30)21-6-4-3-5-7-21/h3-7,9-12,15,19H,8,13-14,18H2,1-2H3,(H,35,36)/t19-/m0/s1. The van der Waals surface area contributed by atoms with Crippen LogP contribution in [0, 0.1) is 28.6 Å². The molecule has 39 heavy (non-hydrogen) atoms. The van der Waals surface area contributed by atoms with Crippen molar-refractivity contribution in [1.29, 1.82) is 10.5 Å². The molecule has 1 aliphatic carbocycles. The maximum Gasteiger partial charge on any atom is 0.235 e. The quantitative estimate of drug-likeness (QED) is 0.247. The van der Waals surface area contributed by atoms with Gasteiger partial charge in [0.2, 0.25) is 5.91 Å². The number of nitriles is 2. The molecule has 0 fully saturated rings. The van der Waals surface area contributed by atoms with Crippen LogP contribution in [0.15, 0.2) is 65.7 Å². The van der Waals surface area contributed by atoms with Crippen molar-refractivity contribution in [2.45, 2.75) is 31.2 Å². The Bertz CT molecular complexity index is 1600. The number of nitrogens with zero attached hydrogens (tertiary/aromatic N) is 3. The fourth-order valence-electron chi connectivity index (χ4n) is 4.74. The number of carbonyl (C=O) groups excluding carboxylic acids is 1. The van der Waals surface area contributed by atoms with Crippen molar-refractivity contribution >= 4 is 34.0 Å². The highest BCUT2D eigenvalue weighted by Crippen LogP contribution is 2.40. The van der Waals surface area contributed by atoms with E-state index in [9.17, 15) is 15.3 Å². The molecule has 6 nitrogen and oxygen atoms in total. The number of aromatic nitrogens is 1.